The van der Waals surface area contributed by atoms with E-state index in [-0.39, 0.29) is 6.10 Å². The van der Waals surface area contributed by atoms with Gasteiger partial charge in [-0.15, -0.1) is 0 Å². The highest BCUT2D eigenvalue weighted by Gasteiger charge is 2.11. The highest BCUT2D eigenvalue weighted by atomic mass is 35.5. The zero-order chi connectivity index (χ0) is 20.1. The number of ether oxygens (including phenoxy) is 1. The van der Waals surface area contributed by atoms with E-state index in [1.165, 1.54) is 5.01 Å². The normalized spacial score (nSPS) is 10.8. The van der Waals surface area contributed by atoms with Crippen LogP contribution in [0.5, 0.6) is 5.75 Å². The van der Waals surface area contributed by atoms with Gasteiger partial charge in [-0.1, -0.05) is 23.7 Å². The summed E-state index contributed by atoms with van der Waals surface area (Å²) in [7, 11) is 1.71. The Morgan fingerprint density at radius 2 is 1.79 bits per heavy atom. The topological polar surface area (TPSA) is 76.3 Å². The Kier molecular flexibility index (Phi) is 6.34. The van der Waals surface area contributed by atoms with E-state index in [0.717, 1.165) is 28.4 Å². The number of halogens is 1. The number of hydrazine groups is 1. The van der Waals surface area contributed by atoms with Crippen molar-refractivity contribution < 1.29 is 4.74 Å². The summed E-state index contributed by atoms with van der Waals surface area (Å²) in [5.41, 5.74) is 3.67. The molecule has 3 rings (SSSR count). The average molecular weight is 398 g/mol. The van der Waals surface area contributed by atoms with Crippen molar-refractivity contribution in [3.05, 3.63) is 71.0 Å². The molecule has 0 fully saturated rings. The van der Waals surface area contributed by atoms with Gasteiger partial charge >= 0.3 is 0 Å². The van der Waals surface area contributed by atoms with Gasteiger partial charge in [-0.25, -0.2) is 15.8 Å². The van der Waals surface area contributed by atoms with Crippen molar-refractivity contribution in [2.75, 3.05) is 17.4 Å². The zero-order valence-corrected chi connectivity index (χ0v) is 16.9. The van der Waals surface area contributed by atoms with Crippen molar-refractivity contribution in [2.24, 2.45) is 5.84 Å². The molecule has 0 amide bonds. The van der Waals surface area contributed by atoms with Gasteiger partial charge in [0, 0.05) is 24.2 Å². The molecule has 28 heavy (non-hydrogen) atoms. The Labute approximate surface area is 170 Å². The van der Waals surface area contributed by atoms with Crippen LogP contribution in [0.25, 0.3) is 0 Å². The second-order valence-electron chi connectivity index (χ2n) is 6.76. The van der Waals surface area contributed by atoms with Crippen molar-refractivity contribution in [3.8, 4) is 5.75 Å². The maximum atomic E-state index is 5.99. The van der Waals surface area contributed by atoms with Gasteiger partial charge in [0.1, 0.15) is 5.75 Å². The van der Waals surface area contributed by atoms with E-state index >= 15 is 0 Å². The Hall–Kier alpha value is -2.83. The van der Waals surface area contributed by atoms with Crippen LogP contribution in [0.3, 0.4) is 0 Å². The summed E-state index contributed by atoms with van der Waals surface area (Å²) >= 11 is 5.99. The van der Waals surface area contributed by atoms with Crippen molar-refractivity contribution in [1.82, 2.24) is 9.97 Å². The lowest BCUT2D eigenvalue weighted by molar-refractivity contribution is 0.242. The van der Waals surface area contributed by atoms with E-state index in [4.69, 9.17) is 22.2 Å². The number of nitrogens with one attached hydrogen (secondary N) is 1. The largest absolute Gasteiger partial charge is 0.491 e. The third-order valence-corrected chi connectivity index (χ3v) is 4.21. The van der Waals surface area contributed by atoms with Gasteiger partial charge in [-0.05, 0) is 55.8 Å². The number of hydrogen-bond donors (Lipinski definition) is 2. The summed E-state index contributed by atoms with van der Waals surface area (Å²) in [4.78, 5) is 8.94. The highest BCUT2D eigenvalue weighted by Crippen LogP contribution is 2.25. The molecule has 0 spiro atoms. The van der Waals surface area contributed by atoms with Crippen LogP contribution in [0.15, 0.2) is 54.7 Å². The van der Waals surface area contributed by atoms with Gasteiger partial charge < -0.3 is 10.1 Å². The number of nitrogens with zero attached hydrogens (tertiary/aromatic N) is 3. The second kappa shape index (κ2) is 8.91. The van der Waals surface area contributed by atoms with Gasteiger partial charge in [0.05, 0.1) is 23.7 Å². The molecule has 3 N–H and O–H groups in total. The van der Waals surface area contributed by atoms with Crippen LogP contribution in [0, 0.1) is 0 Å². The predicted molar refractivity (Wildman–Crippen MR) is 114 cm³/mol. The van der Waals surface area contributed by atoms with E-state index in [1.807, 2.05) is 62.4 Å². The molecule has 0 radical (unpaired) electrons. The van der Waals surface area contributed by atoms with E-state index in [1.54, 1.807) is 13.2 Å². The van der Waals surface area contributed by atoms with Crippen LogP contribution in [-0.2, 0) is 6.42 Å². The van der Waals surface area contributed by atoms with Gasteiger partial charge in [-0.2, -0.15) is 0 Å². The molecule has 2 aromatic carbocycles. The monoisotopic (exact) mass is 397 g/mol. The highest BCUT2D eigenvalue weighted by molar-refractivity contribution is 6.30. The maximum absolute atomic E-state index is 5.99. The van der Waals surface area contributed by atoms with E-state index in [9.17, 15) is 0 Å². The Balaban J connectivity index is 1.85. The molecule has 3 aromatic rings. The molecule has 1 aromatic heterocycles. The lowest BCUT2D eigenvalue weighted by Gasteiger charge is -2.16. The smallest absolute Gasteiger partial charge is 0.239 e. The Morgan fingerprint density at radius 1 is 1.11 bits per heavy atom. The Morgan fingerprint density at radius 3 is 2.39 bits per heavy atom. The standard InChI is InChI=1S/C21H24ClN5O/c1-14(2)28-18-10-8-17(9-11-18)25-20-13-24-21(27(3)23)26-19(20)12-15-4-6-16(22)7-5-15/h4-11,13-14,25H,12,23H2,1-3H3. The first-order valence-corrected chi connectivity index (χ1v) is 9.41. The minimum absolute atomic E-state index is 0.138. The fourth-order valence-electron chi connectivity index (χ4n) is 2.66. The lowest BCUT2D eigenvalue weighted by Crippen LogP contribution is -2.27. The van der Waals surface area contributed by atoms with Crippen molar-refractivity contribution in [3.63, 3.8) is 0 Å². The molecule has 7 heteroatoms. The number of benzene rings is 2. The van der Waals surface area contributed by atoms with Crippen LogP contribution in [0.1, 0.15) is 25.1 Å². The first kappa shape index (κ1) is 19.9. The van der Waals surface area contributed by atoms with E-state index in [0.29, 0.717) is 17.4 Å². The van der Waals surface area contributed by atoms with Crippen molar-refractivity contribution in [2.45, 2.75) is 26.4 Å². The summed E-state index contributed by atoms with van der Waals surface area (Å²) in [6.07, 6.45) is 2.51. The number of aromatic nitrogens is 2. The minimum atomic E-state index is 0.138. The molecule has 0 saturated heterocycles. The van der Waals surface area contributed by atoms with Crippen LogP contribution >= 0.6 is 11.6 Å². The molecule has 0 aliphatic carbocycles. The number of rotatable bonds is 7. The van der Waals surface area contributed by atoms with Gasteiger partial charge in [0.15, 0.2) is 0 Å². The van der Waals surface area contributed by atoms with Gasteiger partial charge in [-0.3, -0.25) is 5.01 Å². The SMILES string of the molecule is CC(C)Oc1ccc(Nc2cnc(N(C)N)nc2Cc2ccc(Cl)cc2)cc1. The van der Waals surface area contributed by atoms with Crippen LogP contribution in [0.2, 0.25) is 5.02 Å². The summed E-state index contributed by atoms with van der Waals surface area (Å²) in [6.45, 7) is 4.01. The molecular weight excluding hydrogens is 374 g/mol. The maximum Gasteiger partial charge on any atom is 0.239 e. The predicted octanol–water partition coefficient (Wildman–Crippen LogP) is 4.56. The van der Waals surface area contributed by atoms with Crippen LogP contribution in [-0.4, -0.2) is 23.1 Å². The summed E-state index contributed by atoms with van der Waals surface area (Å²) in [5, 5.41) is 5.49. The summed E-state index contributed by atoms with van der Waals surface area (Å²) in [5.74, 6) is 7.10. The number of anilines is 3. The molecule has 146 valence electrons. The third-order valence-electron chi connectivity index (χ3n) is 3.96. The average Bonchev–Trinajstić information content (AvgIpc) is 2.66. The molecule has 0 saturated carbocycles. The molecule has 1 heterocycles. The number of nitrogens with two attached hydrogens (primary N) is 1. The third kappa shape index (κ3) is 5.34. The van der Waals surface area contributed by atoms with Crippen molar-refractivity contribution in [1.29, 1.82) is 0 Å². The fourth-order valence-corrected chi connectivity index (χ4v) is 2.78. The Bertz CT molecular complexity index is 911. The van der Waals surface area contributed by atoms with Crippen LogP contribution < -0.4 is 20.9 Å². The zero-order valence-electron chi connectivity index (χ0n) is 16.2. The lowest BCUT2D eigenvalue weighted by atomic mass is 10.1. The molecular formula is C21H24ClN5O. The first-order valence-electron chi connectivity index (χ1n) is 9.03. The number of hydrogen-bond acceptors (Lipinski definition) is 6. The van der Waals surface area contributed by atoms with Gasteiger partial charge in [0.25, 0.3) is 0 Å². The molecule has 0 bridgehead atoms. The molecule has 6 nitrogen and oxygen atoms in total. The van der Waals surface area contributed by atoms with E-state index in [2.05, 4.69) is 15.3 Å². The van der Waals surface area contributed by atoms with Gasteiger partial charge in [0.2, 0.25) is 5.95 Å². The van der Waals surface area contributed by atoms with Crippen LogP contribution in [0.4, 0.5) is 17.3 Å². The molecule has 0 atom stereocenters. The summed E-state index contributed by atoms with van der Waals surface area (Å²) in [6, 6.07) is 15.5. The molecule has 0 unspecified atom stereocenters. The minimum Gasteiger partial charge on any atom is -0.491 e. The first-order chi connectivity index (χ1) is 13.4. The van der Waals surface area contributed by atoms with Crippen molar-refractivity contribution >= 4 is 28.9 Å². The quantitative estimate of drug-likeness (QED) is 0.449. The fraction of sp³-hybridized carbons (Fsp3) is 0.238. The molecule has 0 aliphatic heterocycles. The molecule has 0 aliphatic rings. The van der Waals surface area contributed by atoms with E-state index < -0.39 is 0 Å². The summed E-state index contributed by atoms with van der Waals surface area (Å²) < 4.78 is 5.69. The second-order valence-corrected chi connectivity index (χ2v) is 7.20.